The Morgan fingerprint density at radius 3 is 2.03 bits per heavy atom. The molecule has 0 radical (unpaired) electrons. The fraction of sp³-hybridized carbons (Fsp3) is 0.815. The summed E-state index contributed by atoms with van der Waals surface area (Å²) in [6, 6.07) is 1.37. The fourth-order valence-electron chi connectivity index (χ4n) is 5.45. The maximum Gasteiger partial charge on any atom is 0.410 e. The molecule has 36 heavy (non-hydrogen) atoms. The summed E-state index contributed by atoms with van der Waals surface area (Å²) in [7, 11) is 0. The Hall–Kier alpha value is -1.87. The molecule has 1 aromatic heterocycles. The van der Waals surface area contributed by atoms with E-state index in [0.29, 0.717) is 12.1 Å². The minimum absolute atomic E-state index is 0.167. The van der Waals surface area contributed by atoms with E-state index in [1.807, 2.05) is 37.0 Å². The monoisotopic (exact) mass is 520 g/mol. The van der Waals surface area contributed by atoms with E-state index in [4.69, 9.17) is 20.9 Å². The van der Waals surface area contributed by atoms with Crippen molar-refractivity contribution in [1.82, 2.24) is 14.8 Å². The van der Waals surface area contributed by atoms with Crippen LogP contribution >= 0.6 is 11.3 Å². The SMILES string of the molecule is CC(=N)N.CC(C)(C)OC(=O)N1CCN(Cc2cnc(N(C3CCCCC3)C3CCCCC3)s2)CC1. The molecular formula is C27H48N6O2S. The highest BCUT2D eigenvalue weighted by molar-refractivity contribution is 7.15. The van der Waals surface area contributed by atoms with Crippen LogP contribution < -0.4 is 10.6 Å². The van der Waals surface area contributed by atoms with E-state index in [9.17, 15) is 4.79 Å². The first-order valence-corrected chi connectivity index (χ1v) is 14.7. The van der Waals surface area contributed by atoms with E-state index in [1.165, 1.54) is 81.1 Å². The minimum atomic E-state index is -0.435. The van der Waals surface area contributed by atoms with E-state index in [2.05, 4.69) is 16.0 Å². The highest BCUT2D eigenvalue weighted by atomic mass is 32.1. The number of anilines is 1. The topological polar surface area (TPSA) is 98.8 Å². The Morgan fingerprint density at radius 2 is 1.56 bits per heavy atom. The molecule has 2 aliphatic carbocycles. The van der Waals surface area contributed by atoms with Crippen molar-refractivity contribution in [3.63, 3.8) is 0 Å². The van der Waals surface area contributed by atoms with Crippen molar-refractivity contribution in [1.29, 1.82) is 5.41 Å². The molecular weight excluding hydrogens is 472 g/mol. The van der Waals surface area contributed by atoms with Gasteiger partial charge in [-0.2, -0.15) is 0 Å². The number of thiazole rings is 1. The molecule has 1 aliphatic heterocycles. The second kappa shape index (κ2) is 13.6. The third-order valence-electron chi connectivity index (χ3n) is 7.10. The summed E-state index contributed by atoms with van der Waals surface area (Å²) < 4.78 is 5.53. The fourth-order valence-corrected chi connectivity index (χ4v) is 6.55. The summed E-state index contributed by atoms with van der Waals surface area (Å²) in [5, 5.41) is 7.53. The van der Waals surface area contributed by atoms with Gasteiger partial charge in [-0.25, -0.2) is 9.78 Å². The van der Waals surface area contributed by atoms with Gasteiger partial charge < -0.3 is 20.3 Å². The van der Waals surface area contributed by atoms with Gasteiger partial charge in [0.15, 0.2) is 5.13 Å². The average molecular weight is 521 g/mol. The van der Waals surface area contributed by atoms with Crippen LogP contribution in [0.1, 0.15) is 96.8 Å². The number of ether oxygens (including phenoxy) is 1. The van der Waals surface area contributed by atoms with Crippen LogP contribution in [0.3, 0.4) is 0 Å². The van der Waals surface area contributed by atoms with E-state index in [1.54, 1.807) is 0 Å². The van der Waals surface area contributed by atoms with Crippen molar-refractivity contribution in [2.24, 2.45) is 5.73 Å². The smallest absolute Gasteiger partial charge is 0.410 e. The van der Waals surface area contributed by atoms with Crippen LogP contribution in [-0.2, 0) is 11.3 Å². The first kappa shape index (κ1) is 28.7. The third-order valence-corrected chi connectivity index (χ3v) is 8.10. The first-order chi connectivity index (χ1) is 17.1. The van der Waals surface area contributed by atoms with Gasteiger partial charge in [-0.05, 0) is 53.4 Å². The molecule has 2 heterocycles. The minimum Gasteiger partial charge on any atom is -0.444 e. The van der Waals surface area contributed by atoms with Gasteiger partial charge in [0.2, 0.25) is 0 Å². The summed E-state index contributed by atoms with van der Waals surface area (Å²) in [4.78, 5) is 25.7. The van der Waals surface area contributed by atoms with Crippen LogP contribution in [-0.4, -0.2) is 70.6 Å². The first-order valence-electron chi connectivity index (χ1n) is 13.9. The Bertz CT molecular complexity index is 796. The second-order valence-electron chi connectivity index (χ2n) is 11.5. The van der Waals surface area contributed by atoms with Crippen LogP contribution in [0.4, 0.5) is 9.93 Å². The molecule has 3 aliphatic rings. The highest BCUT2D eigenvalue weighted by Gasteiger charge is 2.31. The van der Waals surface area contributed by atoms with Crippen molar-refractivity contribution in [2.75, 3.05) is 31.1 Å². The van der Waals surface area contributed by atoms with Gasteiger partial charge in [0.25, 0.3) is 0 Å². The number of carbonyl (C=O) groups is 1. The largest absolute Gasteiger partial charge is 0.444 e. The standard InChI is InChI=1S/C25H42N4O2S.C2H6N2/c1-25(2,3)31-24(30)28-16-14-27(15-17-28)19-22-18-26-23(32-22)29(20-10-6-4-7-11-20)21-12-8-5-9-13-21;1-2(3)4/h18,20-21H,4-17,19H2,1-3H3;1H3,(H3,3,4). The number of amides is 1. The highest BCUT2D eigenvalue weighted by Crippen LogP contribution is 2.36. The molecule has 0 bridgehead atoms. The number of amidine groups is 1. The average Bonchev–Trinajstić information content (AvgIpc) is 3.27. The van der Waals surface area contributed by atoms with E-state index in [-0.39, 0.29) is 11.9 Å². The number of rotatable bonds is 5. The van der Waals surface area contributed by atoms with Gasteiger partial charge >= 0.3 is 6.09 Å². The summed E-state index contributed by atoms with van der Waals surface area (Å²) in [6.07, 6.45) is 15.5. The maximum absolute atomic E-state index is 12.3. The molecule has 8 nitrogen and oxygen atoms in total. The molecule has 2 saturated carbocycles. The molecule has 0 spiro atoms. The number of nitrogens with one attached hydrogen (secondary N) is 1. The molecule has 0 atom stereocenters. The molecule has 3 N–H and O–H groups in total. The zero-order valence-electron chi connectivity index (χ0n) is 22.9. The number of nitrogens with zero attached hydrogens (tertiary/aromatic N) is 4. The molecule has 1 saturated heterocycles. The van der Waals surface area contributed by atoms with Crippen LogP contribution in [0.5, 0.6) is 0 Å². The third kappa shape index (κ3) is 9.21. The lowest BCUT2D eigenvalue weighted by Crippen LogP contribution is -2.49. The second-order valence-corrected chi connectivity index (χ2v) is 12.6. The van der Waals surface area contributed by atoms with Gasteiger partial charge in [-0.1, -0.05) is 38.5 Å². The Morgan fingerprint density at radius 1 is 1.06 bits per heavy atom. The van der Waals surface area contributed by atoms with Crippen LogP contribution in [0.2, 0.25) is 0 Å². The number of hydrogen-bond acceptors (Lipinski definition) is 7. The number of carbonyl (C=O) groups excluding carboxylic acids is 1. The zero-order valence-corrected chi connectivity index (χ0v) is 23.7. The Balaban J connectivity index is 0.000000840. The molecule has 0 unspecified atom stereocenters. The number of hydrogen-bond donors (Lipinski definition) is 2. The van der Waals surface area contributed by atoms with Crippen molar-refractivity contribution in [3.05, 3.63) is 11.1 Å². The summed E-state index contributed by atoms with van der Waals surface area (Å²) >= 11 is 1.90. The van der Waals surface area contributed by atoms with Crippen molar-refractivity contribution < 1.29 is 9.53 Å². The van der Waals surface area contributed by atoms with Gasteiger partial charge in [-0.15, -0.1) is 11.3 Å². The number of aromatic nitrogens is 1. The van der Waals surface area contributed by atoms with Gasteiger partial charge in [-0.3, -0.25) is 10.3 Å². The molecule has 9 heteroatoms. The summed E-state index contributed by atoms with van der Waals surface area (Å²) in [6.45, 7) is 11.5. The lowest BCUT2D eigenvalue weighted by atomic mass is 9.89. The van der Waals surface area contributed by atoms with Crippen molar-refractivity contribution in [3.8, 4) is 0 Å². The van der Waals surface area contributed by atoms with Gasteiger partial charge in [0.1, 0.15) is 5.60 Å². The lowest BCUT2D eigenvalue weighted by molar-refractivity contribution is 0.0139. The van der Waals surface area contributed by atoms with E-state index in [0.717, 1.165) is 32.7 Å². The Labute approximate surface area is 222 Å². The van der Waals surface area contributed by atoms with Gasteiger partial charge in [0.05, 0.1) is 5.84 Å². The molecule has 3 fully saturated rings. The molecule has 0 aromatic carbocycles. The van der Waals surface area contributed by atoms with Crippen molar-refractivity contribution >= 4 is 28.4 Å². The Kier molecular flexibility index (Phi) is 10.8. The van der Waals surface area contributed by atoms with Gasteiger partial charge in [0, 0.05) is 55.9 Å². The van der Waals surface area contributed by atoms with Crippen LogP contribution in [0, 0.1) is 5.41 Å². The van der Waals surface area contributed by atoms with E-state index >= 15 is 0 Å². The molecule has 204 valence electrons. The molecule has 1 aromatic rings. The maximum atomic E-state index is 12.3. The normalized spacial score (nSPS) is 20.4. The number of piperazine rings is 1. The number of nitrogens with two attached hydrogens (primary N) is 1. The van der Waals surface area contributed by atoms with Crippen molar-refractivity contribution in [2.45, 2.75) is 116 Å². The van der Waals surface area contributed by atoms with Crippen LogP contribution in [0.15, 0.2) is 6.20 Å². The lowest BCUT2D eigenvalue weighted by Gasteiger charge is -2.41. The molecule has 1 amide bonds. The predicted octanol–water partition coefficient (Wildman–Crippen LogP) is 5.61. The quantitative estimate of drug-likeness (QED) is 0.387. The summed E-state index contributed by atoms with van der Waals surface area (Å²) in [5.41, 5.74) is 4.26. The zero-order chi connectivity index (χ0) is 26.1. The van der Waals surface area contributed by atoms with Crippen LogP contribution in [0.25, 0.3) is 0 Å². The predicted molar refractivity (Wildman–Crippen MR) is 149 cm³/mol. The molecule has 4 rings (SSSR count). The summed E-state index contributed by atoms with van der Waals surface area (Å²) in [5.74, 6) is 0.167. The van der Waals surface area contributed by atoms with E-state index < -0.39 is 5.60 Å².